The molecule has 3 unspecified atom stereocenters. The van der Waals surface area contributed by atoms with Gasteiger partial charge in [0.15, 0.2) is 0 Å². The molecule has 1 spiro atoms. The molecule has 542 valence electrons. The van der Waals surface area contributed by atoms with E-state index in [1.807, 2.05) is 20.8 Å². The highest BCUT2D eigenvalue weighted by molar-refractivity contribution is 6.20. The van der Waals surface area contributed by atoms with Crippen molar-refractivity contribution in [1.82, 2.24) is 60.5 Å². The van der Waals surface area contributed by atoms with Crippen LogP contribution in [0.2, 0.25) is 0 Å². The van der Waals surface area contributed by atoms with Gasteiger partial charge in [0.2, 0.25) is 70.9 Å². The molecule has 0 aromatic heterocycles. The first-order valence-corrected chi connectivity index (χ1v) is 35.6. The second-order valence-electron chi connectivity index (χ2n) is 29.3. The summed E-state index contributed by atoms with van der Waals surface area (Å²) in [5, 5.41) is 10.3. The number of carbonyl (C=O) groups excluding carboxylic acids is 12. The molecule has 0 bridgehead atoms. The lowest BCUT2D eigenvalue weighted by Gasteiger charge is -2.39. The van der Waals surface area contributed by atoms with Gasteiger partial charge in [0.1, 0.15) is 47.8 Å². The number of alkyl halides is 4. The molecule has 11 atom stereocenters. The first kappa shape index (κ1) is 78.7. The average molecular weight is 1380 g/mol. The predicted octanol–water partition coefficient (Wildman–Crippen LogP) is 4.83. The monoisotopic (exact) mass is 1380 g/mol. The Bertz CT molecular complexity index is 2780. The zero-order valence-corrected chi connectivity index (χ0v) is 59.6. The Morgan fingerprint density at radius 1 is 0.604 bits per heavy atom. The lowest BCUT2D eigenvalue weighted by molar-refractivity contribution is -0.182. The van der Waals surface area contributed by atoms with Gasteiger partial charge in [0, 0.05) is 67.3 Å². The Balaban J connectivity index is 1.38. The van der Waals surface area contributed by atoms with E-state index in [9.17, 15) is 61.1 Å². The number of halogens is 4. The molecular weight excluding hydrogens is 1270 g/mol. The minimum absolute atomic E-state index is 0.00102. The molecule has 28 heteroatoms. The van der Waals surface area contributed by atoms with Crippen LogP contribution in [0.5, 0.6) is 0 Å². The number of rotatable bonds is 11. The van der Waals surface area contributed by atoms with E-state index in [1.165, 1.54) is 61.9 Å². The van der Waals surface area contributed by atoms with Crippen LogP contribution >= 0.6 is 11.6 Å². The zero-order valence-electron chi connectivity index (χ0n) is 58.9. The van der Waals surface area contributed by atoms with E-state index >= 15 is 9.59 Å². The SMILES string of the molecule is CC[C@H](C)[C@@H]1NC(=O)[C@H](CC(C)C)N(C)C(=O)C[C@@H](C(=O)N2CCCC2)NC(=O)[C@H](C(C)C)N(C)C(=O)C2(CCCC2)NC(=O)[C@@H]2CCCN2C(=O)[C@H](CCC2CCC(C(F)(F)F)C(Cl)C2)NC(=O)CN(C)C(=O)[C@H](CC2CCCCC2)N(C)C(=O)CN(C)C(=O)CN(C)C1=O. The average Bonchev–Trinajstić information content (AvgIpc) is 1.53. The van der Waals surface area contributed by atoms with E-state index in [2.05, 4.69) is 21.3 Å². The predicted molar refractivity (Wildman–Crippen MR) is 354 cm³/mol. The number of hydrogen-bond acceptors (Lipinski definition) is 12. The van der Waals surface area contributed by atoms with E-state index in [-0.39, 0.29) is 88.5 Å². The van der Waals surface area contributed by atoms with Gasteiger partial charge >= 0.3 is 6.18 Å². The van der Waals surface area contributed by atoms with Gasteiger partial charge in [-0.1, -0.05) is 92.9 Å². The van der Waals surface area contributed by atoms with Crippen LogP contribution in [-0.2, 0) is 57.5 Å². The Hall–Kier alpha value is -6.28. The van der Waals surface area contributed by atoms with Crippen LogP contribution in [0.25, 0.3) is 0 Å². The van der Waals surface area contributed by atoms with Crippen molar-refractivity contribution < 1.29 is 70.7 Å². The van der Waals surface area contributed by atoms with E-state index in [4.69, 9.17) is 11.6 Å². The molecule has 0 aromatic carbocycles. The summed E-state index contributed by atoms with van der Waals surface area (Å²) in [6, 6.07) is -8.69. The van der Waals surface area contributed by atoms with Crippen LogP contribution in [0.1, 0.15) is 183 Å². The highest BCUT2D eigenvalue weighted by Gasteiger charge is 2.51. The quantitative estimate of drug-likeness (QED) is 0.203. The van der Waals surface area contributed by atoms with E-state index in [1.54, 1.807) is 25.7 Å². The van der Waals surface area contributed by atoms with E-state index in [0.717, 1.165) is 46.8 Å². The normalized spacial score (nSPS) is 29.5. The van der Waals surface area contributed by atoms with Gasteiger partial charge in [-0.3, -0.25) is 57.5 Å². The lowest BCUT2D eigenvalue weighted by atomic mass is 9.78. The third-order valence-electron chi connectivity index (χ3n) is 21.3. The van der Waals surface area contributed by atoms with Gasteiger partial charge in [-0.05, 0) is 113 Å². The molecule has 3 saturated carbocycles. The summed E-state index contributed by atoms with van der Waals surface area (Å²) in [5.41, 5.74) is -1.56. The molecular formula is C68H110ClF3N12O12. The molecule has 6 fully saturated rings. The minimum atomic E-state index is -4.51. The summed E-state index contributed by atoms with van der Waals surface area (Å²) in [5.74, 6) is -11.1. The number of nitrogens with one attached hydrogen (secondary N) is 4. The molecule has 6 rings (SSSR count). The molecule has 96 heavy (non-hydrogen) atoms. The molecule has 0 radical (unpaired) electrons. The van der Waals surface area contributed by atoms with Crippen LogP contribution < -0.4 is 21.3 Å². The maximum atomic E-state index is 15.3. The van der Waals surface area contributed by atoms with Gasteiger partial charge < -0.3 is 60.5 Å². The van der Waals surface area contributed by atoms with Crippen LogP contribution in [0.3, 0.4) is 0 Å². The van der Waals surface area contributed by atoms with E-state index in [0.29, 0.717) is 51.6 Å². The Kier molecular flexibility index (Phi) is 28.7. The summed E-state index contributed by atoms with van der Waals surface area (Å²) in [7, 11) is 8.46. The summed E-state index contributed by atoms with van der Waals surface area (Å²) in [6.07, 6.45) is 3.36. The summed E-state index contributed by atoms with van der Waals surface area (Å²) in [4.78, 5) is 186. The van der Waals surface area contributed by atoms with Gasteiger partial charge in [0.25, 0.3) is 0 Å². The van der Waals surface area contributed by atoms with Crippen molar-refractivity contribution in [3.05, 3.63) is 0 Å². The largest absolute Gasteiger partial charge is 0.393 e. The molecule has 3 saturated heterocycles. The maximum absolute atomic E-state index is 15.3. The summed E-state index contributed by atoms with van der Waals surface area (Å²) in [6.45, 7) is 9.89. The smallest absolute Gasteiger partial charge is 0.343 e. The molecule has 3 heterocycles. The molecule has 4 N–H and O–H groups in total. The van der Waals surface area contributed by atoms with Gasteiger partial charge in [-0.2, -0.15) is 13.2 Å². The molecule has 0 aromatic rings. The number of fused-ring (bicyclic) bond motifs is 1. The summed E-state index contributed by atoms with van der Waals surface area (Å²) < 4.78 is 41.9. The standard InChI is InChI=1S/C68H110ClF3N12O12/c1-13-43(6)57-65(95)79(9)39-55(87)77(7)40-56(88)81(11)52(36-44-22-15-14-16-23-44)64(94)78(8)38-53(85)73-48(28-26-45-25-27-46(47(69)35-45)68(70,71)72)63(93)84-33-21-24-50(84)60(90)76-67(29-17-18-30-67)66(96)82(12)58(42(4)5)61(91)74-49(62(92)83-31-19-20-32-83)37-54(86)80(10)51(34-41(2)3)59(89)75-57/h41-52,57-58H,13-40H2,1-12H3,(H,73,85)(H,74,91)(H,75,89)(H,76,90)/t43-,45?,46?,47?,48-,49-,50-,51-,52-,57-,58-/m0/s1. The molecule has 3 aliphatic heterocycles. The van der Waals surface area contributed by atoms with Crippen molar-refractivity contribution in [3.63, 3.8) is 0 Å². The first-order chi connectivity index (χ1) is 45.1. The van der Waals surface area contributed by atoms with Gasteiger partial charge in [-0.15, -0.1) is 11.6 Å². The maximum Gasteiger partial charge on any atom is 0.393 e. The third-order valence-corrected chi connectivity index (χ3v) is 21.8. The van der Waals surface area contributed by atoms with Crippen LogP contribution in [-0.4, -0.2) is 251 Å². The van der Waals surface area contributed by atoms with Crippen molar-refractivity contribution in [2.45, 2.75) is 242 Å². The third kappa shape index (κ3) is 20.2. The second kappa shape index (κ2) is 35.0. The van der Waals surface area contributed by atoms with Gasteiger partial charge in [0.05, 0.1) is 32.0 Å². The number of hydrogen-bond donors (Lipinski definition) is 4. The van der Waals surface area contributed by atoms with Crippen molar-refractivity contribution in [1.29, 1.82) is 0 Å². The molecule has 3 aliphatic carbocycles. The fourth-order valence-electron chi connectivity index (χ4n) is 15.2. The van der Waals surface area contributed by atoms with Crippen LogP contribution in [0.15, 0.2) is 0 Å². The lowest BCUT2D eigenvalue weighted by Crippen LogP contribution is -2.65. The van der Waals surface area contributed by atoms with Crippen LogP contribution in [0.4, 0.5) is 13.2 Å². The molecule has 6 aliphatic rings. The van der Waals surface area contributed by atoms with Crippen molar-refractivity contribution in [2.24, 2.45) is 35.5 Å². The highest BCUT2D eigenvalue weighted by Crippen LogP contribution is 2.44. The van der Waals surface area contributed by atoms with Crippen LogP contribution in [0, 0.1) is 35.5 Å². The van der Waals surface area contributed by atoms with Crippen molar-refractivity contribution in [2.75, 3.05) is 81.6 Å². The van der Waals surface area contributed by atoms with E-state index < -0.39 is 174 Å². The fraction of sp³-hybridized carbons (Fsp3) is 0.824. The Morgan fingerprint density at radius 2 is 1.22 bits per heavy atom. The Morgan fingerprint density at radius 3 is 1.81 bits per heavy atom. The molecule has 12 amide bonds. The van der Waals surface area contributed by atoms with Crippen molar-refractivity contribution >= 4 is 82.5 Å². The van der Waals surface area contributed by atoms with Gasteiger partial charge in [-0.25, -0.2) is 0 Å². The summed E-state index contributed by atoms with van der Waals surface area (Å²) >= 11 is 6.38. The topological polar surface area (TPSA) is 279 Å². The molecule has 24 nitrogen and oxygen atoms in total. The number of nitrogens with zero attached hydrogens (tertiary/aromatic N) is 8. The number of amides is 12. The number of carbonyl (C=O) groups is 12. The highest BCUT2D eigenvalue weighted by atomic mass is 35.5. The van der Waals surface area contributed by atoms with Crippen molar-refractivity contribution in [3.8, 4) is 0 Å². The number of likely N-dealkylation sites (N-methyl/N-ethyl adjacent to an activating group) is 6. The zero-order chi connectivity index (χ0) is 71.3. The fourth-order valence-corrected chi connectivity index (χ4v) is 15.7. The number of likely N-dealkylation sites (tertiary alicyclic amines) is 1. The minimum Gasteiger partial charge on any atom is -0.343 e. The first-order valence-electron chi connectivity index (χ1n) is 35.2. The Labute approximate surface area is 570 Å². The second-order valence-corrected chi connectivity index (χ2v) is 29.9.